The van der Waals surface area contributed by atoms with Gasteiger partial charge in [-0.15, -0.1) is 0 Å². The van der Waals surface area contributed by atoms with Crippen molar-refractivity contribution in [3.8, 4) is 0 Å². The Morgan fingerprint density at radius 1 is 0.571 bits per heavy atom. The molecule has 28 heavy (non-hydrogen) atoms. The number of alkyl halides is 15. The molecule has 1 fully saturated rings. The first-order chi connectivity index (χ1) is 11.2. The minimum Gasteiger partial charge on any atom is -0.747 e. The van der Waals surface area contributed by atoms with Crippen molar-refractivity contribution in [2.45, 2.75) is 46.5 Å². The maximum absolute atomic E-state index is 13.6. The van der Waals surface area contributed by atoms with E-state index in [-0.39, 0.29) is 51.4 Å². The van der Waals surface area contributed by atoms with Gasteiger partial charge in [0, 0.05) is 0 Å². The zero-order chi connectivity index (χ0) is 22.5. The molecule has 20 heteroatoms. The van der Waals surface area contributed by atoms with Crippen molar-refractivity contribution in [1.82, 2.24) is 0 Å². The molecule has 0 aliphatic heterocycles. The van der Waals surface area contributed by atoms with E-state index in [9.17, 15) is 78.8 Å². The Bertz CT molecular complexity index is 709. The Morgan fingerprint density at radius 3 is 0.964 bits per heavy atom. The van der Waals surface area contributed by atoms with E-state index in [1.165, 1.54) is 0 Å². The summed E-state index contributed by atoms with van der Waals surface area (Å²) in [5.41, 5.74) is 0. The van der Waals surface area contributed by atoms with Crippen LogP contribution in [0.1, 0.15) is 0 Å². The molecule has 1 saturated carbocycles. The van der Waals surface area contributed by atoms with E-state index in [0.29, 0.717) is 0 Å². The Labute approximate surface area is 185 Å². The maximum Gasteiger partial charge on any atom is 1.00 e. The molecule has 0 aromatic heterocycles. The number of hydrogen-bond acceptors (Lipinski definition) is 3. The van der Waals surface area contributed by atoms with Crippen molar-refractivity contribution >= 4 is 10.1 Å². The predicted octanol–water partition coefficient (Wildman–Crippen LogP) is 0.662. The van der Waals surface area contributed by atoms with Gasteiger partial charge in [0.05, 0.1) is 0 Å². The maximum atomic E-state index is 13.6. The largest absolute Gasteiger partial charge is 1.00 e. The van der Waals surface area contributed by atoms with Gasteiger partial charge < -0.3 is 4.55 Å². The molecule has 0 radical (unpaired) electrons. The van der Waals surface area contributed by atoms with Crippen molar-refractivity contribution < 1.29 is 130 Å². The van der Waals surface area contributed by atoms with Gasteiger partial charge in [-0.1, -0.05) is 0 Å². The standard InChI is InChI=1S/C8HF15O3S.K/c9-2(10)1(27(24,25)26,4(13,14)8(21,22)23)3(11,12)6(17,18)7(19,20)5(2,15)16;/h(H,24,25,26);/q;+1/p-1. The van der Waals surface area contributed by atoms with E-state index in [4.69, 9.17) is 0 Å². The molecule has 1 aliphatic rings. The summed E-state index contributed by atoms with van der Waals surface area (Å²) in [6.07, 6.45) is -8.09. The summed E-state index contributed by atoms with van der Waals surface area (Å²) in [5, 5.41) is 0. The van der Waals surface area contributed by atoms with Crippen molar-refractivity contribution in [2.75, 3.05) is 0 Å². The Morgan fingerprint density at radius 2 is 0.786 bits per heavy atom. The fourth-order valence-electron chi connectivity index (χ4n) is 2.30. The van der Waals surface area contributed by atoms with Gasteiger partial charge in [-0.3, -0.25) is 0 Å². The van der Waals surface area contributed by atoms with E-state index in [1.807, 2.05) is 0 Å². The molecule has 0 unspecified atom stereocenters. The van der Waals surface area contributed by atoms with Gasteiger partial charge in [-0.05, 0) is 0 Å². The summed E-state index contributed by atoms with van der Waals surface area (Å²) in [7, 11) is -8.95. The molecule has 0 aromatic rings. The number of rotatable bonds is 2. The molecular formula is C8F15KO3S. The number of halogens is 15. The summed E-state index contributed by atoms with van der Waals surface area (Å²) in [6.45, 7) is 0. The third kappa shape index (κ3) is 2.59. The molecule has 162 valence electrons. The van der Waals surface area contributed by atoms with Crippen LogP contribution in [0.4, 0.5) is 65.9 Å². The SMILES string of the molecule is O=S(=O)([O-])C1(C(F)(F)C(F)(F)F)C(F)(F)C(F)(F)C(F)(F)C(F)(F)C1(F)F.[K+]. The van der Waals surface area contributed by atoms with Crippen molar-refractivity contribution in [1.29, 1.82) is 0 Å². The smallest absolute Gasteiger partial charge is 0.747 e. The van der Waals surface area contributed by atoms with E-state index >= 15 is 0 Å². The zero-order valence-electron chi connectivity index (χ0n) is 12.3. The summed E-state index contributed by atoms with van der Waals surface area (Å²) < 4.78 is 219. The molecule has 0 N–H and O–H groups in total. The van der Waals surface area contributed by atoms with E-state index in [1.54, 1.807) is 0 Å². The summed E-state index contributed by atoms with van der Waals surface area (Å²) in [4.78, 5) is 0. The van der Waals surface area contributed by atoms with Crippen LogP contribution < -0.4 is 51.4 Å². The zero-order valence-corrected chi connectivity index (χ0v) is 16.2. The van der Waals surface area contributed by atoms with Crippen LogP contribution >= 0.6 is 0 Å². The van der Waals surface area contributed by atoms with Gasteiger partial charge in [-0.25, -0.2) is 8.42 Å². The first-order valence-corrected chi connectivity index (χ1v) is 6.95. The second kappa shape index (κ2) is 6.50. The first-order valence-electron chi connectivity index (χ1n) is 5.54. The fraction of sp³-hybridized carbons (Fsp3) is 1.00. The Kier molecular flexibility index (Phi) is 6.62. The monoisotopic (exact) mass is 500 g/mol. The molecule has 0 bridgehead atoms. The van der Waals surface area contributed by atoms with Crippen LogP contribution in [0.15, 0.2) is 0 Å². The third-order valence-corrected chi connectivity index (χ3v) is 5.15. The Balaban J connectivity index is 0.00000729. The van der Waals surface area contributed by atoms with E-state index in [2.05, 4.69) is 0 Å². The first kappa shape index (κ1) is 28.5. The third-order valence-electron chi connectivity index (χ3n) is 3.63. The van der Waals surface area contributed by atoms with Crippen molar-refractivity contribution in [2.24, 2.45) is 0 Å². The summed E-state index contributed by atoms with van der Waals surface area (Å²) in [5.74, 6) is -50.3. The van der Waals surface area contributed by atoms with Gasteiger partial charge in [0.1, 0.15) is 10.1 Å². The average molecular weight is 500 g/mol. The molecule has 0 saturated heterocycles. The van der Waals surface area contributed by atoms with Crippen molar-refractivity contribution in [3.63, 3.8) is 0 Å². The minimum absolute atomic E-state index is 0. The molecule has 1 aliphatic carbocycles. The van der Waals surface area contributed by atoms with Crippen molar-refractivity contribution in [3.05, 3.63) is 0 Å². The molecular weight excluding hydrogens is 500 g/mol. The topological polar surface area (TPSA) is 57.2 Å². The van der Waals surface area contributed by atoms with Crippen LogP contribution in [-0.2, 0) is 10.1 Å². The van der Waals surface area contributed by atoms with Crippen LogP contribution in [0.5, 0.6) is 0 Å². The van der Waals surface area contributed by atoms with E-state index in [0.717, 1.165) is 0 Å². The van der Waals surface area contributed by atoms with Crippen LogP contribution in [0, 0.1) is 0 Å². The second-order valence-corrected chi connectivity index (χ2v) is 6.60. The quantitative estimate of drug-likeness (QED) is 0.318. The molecule has 0 spiro atoms. The van der Waals surface area contributed by atoms with Crippen LogP contribution in [0.25, 0.3) is 0 Å². The van der Waals surface area contributed by atoms with Gasteiger partial charge in [-0.2, -0.15) is 65.9 Å². The molecule has 0 aromatic carbocycles. The van der Waals surface area contributed by atoms with Gasteiger partial charge in [0.25, 0.3) is 4.75 Å². The predicted molar refractivity (Wildman–Crippen MR) is 48.2 cm³/mol. The summed E-state index contributed by atoms with van der Waals surface area (Å²) >= 11 is 0. The van der Waals surface area contributed by atoms with Gasteiger partial charge in [0.15, 0.2) is 0 Å². The minimum atomic E-state index is -8.95. The van der Waals surface area contributed by atoms with Crippen LogP contribution in [0.3, 0.4) is 0 Å². The van der Waals surface area contributed by atoms with Gasteiger partial charge >= 0.3 is 93.1 Å². The van der Waals surface area contributed by atoms with Crippen LogP contribution in [-0.4, -0.2) is 59.4 Å². The van der Waals surface area contributed by atoms with Gasteiger partial charge in [0.2, 0.25) is 0 Å². The van der Waals surface area contributed by atoms with E-state index < -0.39 is 56.6 Å². The molecule has 0 heterocycles. The fourth-order valence-corrected chi connectivity index (χ4v) is 3.61. The molecule has 0 amide bonds. The second-order valence-electron chi connectivity index (χ2n) is 5.08. The normalized spacial score (nSPS) is 27.6. The molecule has 1 rings (SSSR count). The average Bonchev–Trinajstić information content (AvgIpc) is 2.32. The summed E-state index contributed by atoms with van der Waals surface area (Å²) in [6, 6.07) is 0. The number of hydrogen-bond donors (Lipinski definition) is 0. The Hall–Kier alpha value is 0.496. The molecule has 0 atom stereocenters. The van der Waals surface area contributed by atoms with Crippen LogP contribution in [0.2, 0.25) is 0 Å². The molecule has 3 nitrogen and oxygen atoms in total.